The molecular formula is C10H13BrN2OS. The molecule has 0 spiro atoms. The monoisotopic (exact) mass is 288 g/mol. The van der Waals surface area contributed by atoms with Crippen molar-refractivity contribution < 1.29 is 4.79 Å². The molecule has 0 unspecified atom stereocenters. The van der Waals surface area contributed by atoms with Crippen molar-refractivity contribution in [2.75, 3.05) is 24.3 Å². The largest absolute Gasteiger partial charge is 0.398 e. The predicted octanol–water partition coefficient (Wildman–Crippen LogP) is 2.12. The van der Waals surface area contributed by atoms with Crippen molar-refractivity contribution in [3.8, 4) is 0 Å². The van der Waals surface area contributed by atoms with Crippen LogP contribution >= 0.6 is 27.7 Å². The minimum absolute atomic E-state index is 0.0650. The summed E-state index contributed by atoms with van der Waals surface area (Å²) in [7, 11) is 0. The lowest BCUT2D eigenvalue weighted by Crippen LogP contribution is -2.25. The number of amides is 1. The predicted molar refractivity (Wildman–Crippen MR) is 69.3 cm³/mol. The fourth-order valence-electron chi connectivity index (χ4n) is 1.04. The first-order chi connectivity index (χ1) is 7.15. The van der Waals surface area contributed by atoms with E-state index >= 15 is 0 Å². The summed E-state index contributed by atoms with van der Waals surface area (Å²) in [5.41, 5.74) is 6.89. The maximum Gasteiger partial charge on any atom is 0.251 e. The lowest BCUT2D eigenvalue weighted by Gasteiger charge is -2.05. The molecule has 0 fully saturated rings. The Hall–Kier alpha value is -0.680. The Morgan fingerprint density at radius 1 is 1.60 bits per heavy atom. The number of thioether (sulfide) groups is 1. The first-order valence-electron chi connectivity index (χ1n) is 4.47. The van der Waals surface area contributed by atoms with Crippen LogP contribution < -0.4 is 11.1 Å². The fraction of sp³-hybridized carbons (Fsp3) is 0.300. The molecule has 15 heavy (non-hydrogen) atoms. The second kappa shape index (κ2) is 6.02. The van der Waals surface area contributed by atoms with Gasteiger partial charge in [-0.3, -0.25) is 4.79 Å². The van der Waals surface area contributed by atoms with Crippen LogP contribution in [0.4, 0.5) is 5.69 Å². The molecule has 0 saturated heterocycles. The van der Waals surface area contributed by atoms with Crippen LogP contribution in [0.15, 0.2) is 22.7 Å². The molecule has 1 amide bonds. The van der Waals surface area contributed by atoms with Crippen molar-refractivity contribution in [2.45, 2.75) is 0 Å². The summed E-state index contributed by atoms with van der Waals surface area (Å²) in [6, 6.07) is 5.16. The average Bonchev–Trinajstić information content (AvgIpc) is 2.22. The molecule has 1 aromatic rings. The molecule has 0 aliphatic heterocycles. The minimum atomic E-state index is -0.0650. The van der Waals surface area contributed by atoms with Gasteiger partial charge in [-0.05, 0) is 40.4 Å². The number of halogens is 1. The Morgan fingerprint density at radius 3 is 2.93 bits per heavy atom. The molecule has 82 valence electrons. The van der Waals surface area contributed by atoms with Crippen molar-refractivity contribution in [3.63, 3.8) is 0 Å². The van der Waals surface area contributed by atoms with Crippen LogP contribution in [0.1, 0.15) is 10.4 Å². The van der Waals surface area contributed by atoms with Gasteiger partial charge in [0.15, 0.2) is 0 Å². The van der Waals surface area contributed by atoms with Crippen LogP contribution in [0.25, 0.3) is 0 Å². The number of rotatable bonds is 4. The van der Waals surface area contributed by atoms with E-state index in [-0.39, 0.29) is 5.91 Å². The lowest BCUT2D eigenvalue weighted by molar-refractivity contribution is 0.0956. The maximum absolute atomic E-state index is 11.6. The Kier molecular flexibility index (Phi) is 4.98. The molecule has 3 N–H and O–H groups in total. The van der Waals surface area contributed by atoms with Crippen molar-refractivity contribution in [1.82, 2.24) is 5.32 Å². The number of carbonyl (C=O) groups excluding carboxylic acids is 1. The SMILES string of the molecule is CSCCNC(=O)c1ccc(N)c(Br)c1. The molecule has 5 heteroatoms. The molecule has 0 aromatic heterocycles. The summed E-state index contributed by atoms with van der Waals surface area (Å²) in [5.74, 6) is 0.853. The van der Waals surface area contributed by atoms with Crippen molar-refractivity contribution in [1.29, 1.82) is 0 Å². The van der Waals surface area contributed by atoms with Gasteiger partial charge in [0.05, 0.1) is 0 Å². The van der Waals surface area contributed by atoms with Gasteiger partial charge in [-0.15, -0.1) is 0 Å². The van der Waals surface area contributed by atoms with E-state index in [1.807, 2.05) is 6.26 Å². The molecule has 3 nitrogen and oxygen atoms in total. The lowest BCUT2D eigenvalue weighted by atomic mass is 10.2. The van der Waals surface area contributed by atoms with Crippen LogP contribution in [-0.4, -0.2) is 24.5 Å². The third-order valence-electron chi connectivity index (χ3n) is 1.85. The molecule has 0 bridgehead atoms. The van der Waals surface area contributed by atoms with Crippen molar-refractivity contribution in [3.05, 3.63) is 28.2 Å². The number of nitrogen functional groups attached to an aromatic ring is 1. The Bertz CT molecular complexity index is 357. The van der Waals surface area contributed by atoms with Gasteiger partial charge in [0.1, 0.15) is 0 Å². The van der Waals surface area contributed by atoms with E-state index in [9.17, 15) is 4.79 Å². The second-order valence-corrected chi connectivity index (χ2v) is 4.82. The molecule has 1 rings (SSSR count). The molecule has 0 saturated carbocycles. The third-order valence-corrected chi connectivity index (χ3v) is 3.15. The summed E-state index contributed by atoms with van der Waals surface area (Å²) >= 11 is 4.99. The highest BCUT2D eigenvalue weighted by atomic mass is 79.9. The van der Waals surface area contributed by atoms with Gasteiger partial charge >= 0.3 is 0 Å². The van der Waals surface area contributed by atoms with Gasteiger partial charge < -0.3 is 11.1 Å². The molecule has 0 aliphatic rings. The van der Waals surface area contributed by atoms with Crippen molar-refractivity contribution >= 4 is 39.3 Å². The van der Waals surface area contributed by atoms with Gasteiger partial charge in [0, 0.05) is 28.0 Å². The summed E-state index contributed by atoms with van der Waals surface area (Å²) < 4.78 is 0.750. The number of nitrogens with one attached hydrogen (secondary N) is 1. The summed E-state index contributed by atoms with van der Waals surface area (Å²) in [4.78, 5) is 11.6. The van der Waals surface area contributed by atoms with Crippen LogP contribution in [0.2, 0.25) is 0 Å². The highest BCUT2D eigenvalue weighted by molar-refractivity contribution is 9.10. The zero-order valence-electron chi connectivity index (χ0n) is 8.42. The van der Waals surface area contributed by atoms with E-state index in [0.717, 1.165) is 10.2 Å². The number of nitrogens with two attached hydrogens (primary N) is 1. The first-order valence-corrected chi connectivity index (χ1v) is 6.66. The van der Waals surface area contributed by atoms with E-state index in [1.165, 1.54) is 0 Å². The van der Waals surface area contributed by atoms with Gasteiger partial charge in [-0.25, -0.2) is 0 Å². The summed E-state index contributed by atoms with van der Waals surface area (Å²) in [6.07, 6.45) is 2.01. The molecule has 0 radical (unpaired) electrons. The molecule has 0 atom stereocenters. The minimum Gasteiger partial charge on any atom is -0.398 e. The van der Waals surface area contributed by atoms with Crippen LogP contribution in [0.5, 0.6) is 0 Å². The molecule has 1 aromatic carbocycles. The van der Waals surface area contributed by atoms with E-state index in [1.54, 1.807) is 30.0 Å². The zero-order chi connectivity index (χ0) is 11.3. The fourth-order valence-corrected chi connectivity index (χ4v) is 1.72. The van der Waals surface area contributed by atoms with Gasteiger partial charge in [-0.1, -0.05) is 0 Å². The number of benzene rings is 1. The smallest absolute Gasteiger partial charge is 0.251 e. The number of hydrogen-bond acceptors (Lipinski definition) is 3. The first kappa shape index (κ1) is 12.4. The highest BCUT2D eigenvalue weighted by Gasteiger charge is 2.06. The highest BCUT2D eigenvalue weighted by Crippen LogP contribution is 2.20. The maximum atomic E-state index is 11.6. The number of hydrogen-bond donors (Lipinski definition) is 2. The quantitative estimate of drug-likeness (QED) is 0.659. The summed E-state index contributed by atoms with van der Waals surface area (Å²) in [6.45, 7) is 0.683. The van der Waals surface area contributed by atoms with Gasteiger partial charge in [0.25, 0.3) is 5.91 Å². The van der Waals surface area contributed by atoms with Crippen LogP contribution in [-0.2, 0) is 0 Å². The Labute approximate surface area is 102 Å². The molecular weight excluding hydrogens is 276 g/mol. The van der Waals surface area contributed by atoms with Gasteiger partial charge in [-0.2, -0.15) is 11.8 Å². The number of carbonyl (C=O) groups is 1. The normalized spacial score (nSPS) is 10.0. The topological polar surface area (TPSA) is 55.1 Å². The van der Waals surface area contributed by atoms with Crippen LogP contribution in [0, 0.1) is 0 Å². The molecule has 0 heterocycles. The third kappa shape index (κ3) is 3.76. The van der Waals surface area contributed by atoms with E-state index in [0.29, 0.717) is 17.8 Å². The Balaban J connectivity index is 2.62. The van der Waals surface area contributed by atoms with E-state index in [2.05, 4.69) is 21.2 Å². The van der Waals surface area contributed by atoms with Crippen molar-refractivity contribution in [2.24, 2.45) is 0 Å². The van der Waals surface area contributed by atoms with Gasteiger partial charge in [0.2, 0.25) is 0 Å². The average molecular weight is 289 g/mol. The standard InChI is InChI=1S/C10H13BrN2OS/c1-15-5-4-13-10(14)7-2-3-9(12)8(11)6-7/h2-3,6H,4-5,12H2,1H3,(H,13,14). The van der Waals surface area contributed by atoms with E-state index < -0.39 is 0 Å². The second-order valence-electron chi connectivity index (χ2n) is 2.98. The van der Waals surface area contributed by atoms with E-state index in [4.69, 9.17) is 5.73 Å². The molecule has 0 aliphatic carbocycles. The number of anilines is 1. The zero-order valence-corrected chi connectivity index (χ0v) is 10.8. The van der Waals surface area contributed by atoms with Crippen LogP contribution in [0.3, 0.4) is 0 Å². The summed E-state index contributed by atoms with van der Waals surface area (Å²) in [5, 5.41) is 2.83. The Morgan fingerprint density at radius 2 is 2.33 bits per heavy atom.